The van der Waals surface area contributed by atoms with Gasteiger partial charge in [0, 0.05) is 12.7 Å². The standard InChI is InChI=1S/C17H11Cl2F4N3O3/c1-25(9-2-3-11(20)10(18)6-9)15(27)12-7-29-16(28)26(12)14-5-8(17(21,22)23)4-13(19)24-14/h2-6,12H,7H2,1H3. The van der Waals surface area contributed by atoms with E-state index in [1.54, 1.807) is 0 Å². The van der Waals surface area contributed by atoms with Gasteiger partial charge >= 0.3 is 12.3 Å². The first-order chi connectivity index (χ1) is 13.5. The molecule has 29 heavy (non-hydrogen) atoms. The highest BCUT2D eigenvalue weighted by Gasteiger charge is 2.43. The summed E-state index contributed by atoms with van der Waals surface area (Å²) in [4.78, 5) is 30.5. The van der Waals surface area contributed by atoms with Crippen molar-refractivity contribution in [3.8, 4) is 0 Å². The van der Waals surface area contributed by atoms with Gasteiger partial charge < -0.3 is 9.64 Å². The number of aromatic nitrogens is 1. The van der Waals surface area contributed by atoms with Crippen LogP contribution in [-0.2, 0) is 15.7 Å². The van der Waals surface area contributed by atoms with Gasteiger partial charge in [0.2, 0.25) is 0 Å². The molecule has 6 nitrogen and oxygen atoms in total. The Kier molecular flexibility index (Phi) is 5.59. The van der Waals surface area contributed by atoms with Gasteiger partial charge in [0.1, 0.15) is 23.4 Å². The van der Waals surface area contributed by atoms with Crippen molar-refractivity contribution in [3.63, 3.8) is 0 Å². The van der Waals surface area contributed by atoms with Crippen LogP contribution in [0.1, 0.15) is 5.56 Å². The number of anilines is 2. The van der Waals surface area contributed by atoms with Crippen molar-refractivity contribution in [2.75, 3.05) is 23.5 Å². The molecule has 1 fully saturated rings. The maximum absolute atomic E-state index is 13.3. The number of cyclic esters (lactones) is 1. The lowest BCUT2D eigenvalue weighted by Crippen LogP contribution is -2.47. The molecular formula is C17H11Cl2F4N3O3. The molecule has 1 aromatic heterocycles. The van der Waals surface area contributed by atoms with Gasteiger partial charge in [-0.25, -0.2) is 19.1 Å². The number of halogens is 6. The van der Waals surface area contributed by atoms with Crippen molar-refractivity contribution in [1.82, 2.24) is 4.98 Å². The Hall–Kier alpha value is -2.59. The average molecular weight is 452 g/mol. The number of alkyl halides is 3. The molecule has 1 unspecified atom stereocenters. The number of hydrogen-bond acceptors (Lipinski definition) is 4. The van der Waals surface area contributed by atoms with Crippen LogP contribution in [0.25, 0.3) is 0 Å². The van der Waals surface area contributed by atoms with Gasteiger partial charge in [-0.15, -0.1) is 0 Å². The topological polar surface area (TPSA) is 62.7 Å². The normalized spacial score (nSPS) is 16.7. The molecule has 2 aromatic rings. The van der Waals surface area contributed by atoms with Gasteiger partial charge in [-0.2, -0.15) is 13.2 Å². The van der Waals surface area contributed by atoms with E-state index in [1.807, 2.05) is 0 Å². The minimum Gasteiger partial charge on any atom is -0.446 e. The number of rotatable bonds is 3. The number of carbonyl (C=O) groups is 2. The van der Waals surface area contributed by atoms with Gasteiger partial charge in [0.05, 0.1) is 10.6 Å². The predicted molar refractivity (Wildman–Crippen MR) is 96.7 cm³/mol. The van der Waals surface area contributed by atoms with Crippen LogP contribution in [0.5, 0.6) is 0 Å². The van der Waals surface area contributed by atoms with E-state index in [4.69, 9.17) is 27.9 Å². The predicted octanol–water partition coefficient (Wildman–Crippen LogP) is 4.53. The third-order valence-corrected chi connectivity index (χ3v) is 4.62. The van der Waals surface area contributed by atoms with E-state index in [2.05, 4.69) is 4.98 Å². The molecule has 2 amide bonds. The molecular weight excluding hydrogens is 441 g/mol. The Bertz CT molecular complexity index is 987. The lowest BCUT2D eigenvalue weighted by Gasteiger charge is -2.25. The molecule has 1 aliphatic heterocycles. The minimum absolute atomic E-state index is 0.204. The summed E-state index contributed by atoms with van der Waals surface area (Å²) < 4.78 is 57.4. The molecule has 1 atom stereocenters. The van der Waals surface area contributed by atoms with E-state index in [0.717, 1.165) is 11.0 Å². The van der Waals surface area contributed by atoms with E-state index >= 15 is 0 Å². The number of nitrogens with zero attached hydrogens (tertiary/aromatic N) is 3. The Balaban J connectivity index is 1.95. The van der Waals surface area contributed by atoms with Crippen LogP contribution in [0.3, 0.4) is 0 Å². The van der Waals surface area contributed by atoms with Gasteiger partial charge in [-0.05, 0) is 30.3 Å². The molecule has 0 saturated carbocycles. The first-order valence-electron chi connectivity index (χ1n) is 7.92. The van der Waals surface area contributed by atoms with Crippen LogP contribution < -0.4 is 9.80 Å². The second kappa shape index (κ2) is 7.68. The number of amides is 2. The van der Waals surface area contributed by atoms with Gasteiger partial charge in [0.15, 0.2) is 6.04 Å². The SMILES string of the molecule is CN(C(=O)C1COC(=O)N1c1cc(C(F)(F)F)cc(Cl)n1)c1ccc(F)c(Cl)c1. The summed E-state index contributed by atoms with van der Waals surface area (Å²) in [5.74, 6) is -1.90. The molecule has 2 heterocycles. The van der Waals surface area contributed by atoms with E-state index in [1.165, 1.54) is 19.2 Å². The molecule has 154 valence electrons. The number of pyridine rings is 1. The highest BCUT2D eigenvalue weighted by molar-refractivity contribution is 6.31. The van der Waals surface area contributed by atoms with Crippen LogP contribution in [-0.4, -0.2) is 36.7 Å². The zero-order chi connectivity index (χ0) is 21.5. The van der Waals surface area contributed by atoms with Crippen molar-refractivity contribution >= 4 is 46.7 Å². The summed E-state index contributed by atoms with van der Waals surface area (Å²) in [6, 6.07) is 3.38. The van der Waals surface area contributed by atoms with Crippen molar-refractivity contribution in [2.45, 2.75) is 12.2 Å². The molecule has 1 saturated heterocycles. The molecule has 3 rings (SSSR count). The molecule has 0 spiro atoms. The minimum atomic E-state index is -4.74. The number of carbonyl (C=O) groups excluding carboxylic acids is 2. The zero-order valence-corrected chi connectivity index (χ0v) is 16.0. The van der Waals surface area contributed by atoms with Crippen molar-refractivity contribution in [2.24, 2.45) is 0 Å². The monoisotopic (exact) mass is 451 g/mol. The number of ether oxygens (including phenoxy) is 1. The molecule has 0 radical (unpaired) electrons. The van der Waals surface area contributed by atoms with Crippen LogP contribution in [0.2, 0.25) is 10.2 Å². The van der Waals surface area contributed by atoms with Crippen LogP contribution in [0, 0.1) is 5.82 Å². The van der Waals surface area contributed by atoms with Crippen LogP contribution in [0.4, 0.5) is 33.9 Å². The maximum atomic E-state index is 13.3. The third-order valence-electron chi connectivity index (χ3n) is 4.13. The number of hydrogen-bond donors (Lipinski definition) is 0. The number of likely N-dealkylation sites (N-methyl/N-ethyl adjacent to an activating group) is 1. The lowest BCUT2D eigenvalue weighted by molar-refractivity contribution is -0.137. The second-order valence-corrected chi connectivity index (χ2v) is 6.79. The molecule has 0 bridgehead atoms. The maximum Gasteiger partial charge on any atom is 0.416 e. The second-order valence-electron chi connectivity index (χ2n) is 5.99. The zero-order valence-electron chi connectivity index (χ0n) is 14.5. The Morgan fingerprint density at radius 3 is 2.59 bits per heavy atom. The largest absolute Gasteiger partial charge is 0.446 e. The van der Waals surface area contributed by atoms with Crippen molar-refractivity contribution in [3.05, 3.63) is 51.9 Å². The summed E-state index contributed by atoms with van der Waals surface area (Å²) in [5.41, 5.74) is -0.937. The first-order valence-corrected chi connectivity index (χ1v) is 8.68. The summed E-state index contributed by atoms with van der Waals surface area (Å²) in [7, 11) is 1.33. The smallest absolute Gasteiger partial charge is 0.416 e. The quantitative estimate of drug-likeness (QED) is 0.507. The number of benzene rings is 1. The van der Waals surface area contributed by atoms with Crippen molar-refractivity contribution in [1.29, 1.82) is 0 Å². The van der Waals surface area contributed by atoms with Crippen LogP contribution >= 0.6 is 23.2 Å². The van der Waals surface area contributed by atoms with E-state index in [0.29, 0.717) is 17.0 Å². The average Bonchev–Trinajstić information content (AvgIpc) is 3.03. The summed E-state index contributed by atoms with van der Waals surface area (Å²) in [6.45, 7) is -0.424. The first kappa shape index (κ1) is 21.1. The molecule has 0 aliphatic carbocycles. The fraction of sp³-hybridized carbons (Fsp3) is 0.235. The Morgan fingerprint density at radius 1 is 1.28 bits per heavy atom. The highest BCUT2D eigenvalue weighted by atomic mass is 35.5. The van der Waals surface area contributed by atoms with E-state index in [9.17, 15) is 27.2 Å². The highest BCUT2D eigenvalue weighted by Crippen LogP contribution is 2.34. The van der Waals surface area contributed by atoms with Crippen LogP contribution in [0.15, 0.2) is 30.3 Å². The van der Waals surface area contributed by atoms with Crippen molar-refractivity contribution < 1.29 is 31.9 Å². The Morgan fingerprint density at radius 2 is 1.97 bits per heavy atom. The van der Waals surface area contributed by atoms with Gasteiger partial charge in [-0.1, -0.05) is 23.2 Å². The molecule has 1 aliphatic rings. The fourth-order valence-corrected chi connectivity index (χ4v) is 3.05. The van der Waals surface area contributed by atoms with E-state index < -0.39 is 53.2 Å². The third kappa shape index (κ3) is 4.23. The molecule has 0 N–H and O–H groups in total. The summed E-state index contributed by atoms with van der Waals surface area (Å²) >= 11 is 11.4. The van der Waals surface area contributed by atoms with E-state index in [-0.39, 0.29) is 10.7 Å². The molecule has 12 heteroatoms. The van der Waals surface area contributed by atoms with Gasteiger partial charge in [-0.3, -0.25) is 4.79 Å². The lowest BCUT2D eigenvalue weighted by atomic mass is 10.2. The summed E-state index contributed by atoms with van der Waals surface area (Å²) in [6.07, 6.45) is -5.80. The summed E-state index contributed by atoms with van der Waals surface area (Å²) in [5, 5.41) is -0.747. The van der Waals surface area contributed by atoms with Gasteiger partial charge in [0.25, 0.3) is 5.91 Å². The molecule has 1 aromatic carbocycles. The fourth-order valence-electron chi connectivity index (χ4n) is 2.67. The Labute approximate surface area is 171 Å².